The highest BCUT2D eigenvalue weighted by atomic mass is 32.1. The highest BCUT2D eigenvalue weighted by Crippen LogP contribution is 2.29. The van der Waals surface area contributed by atoms with Crippen molar-refractivity contribution >= 4 is 29.0 Å². The maximum Gasteiger partial charge on any atom is 0.321 e. The van der Waals surface area contributed by atoms with Crippen LogP contribution in [-0.4, -0.2) is 54.5 Å². The van der Waals surface area contributed by atoms with Gasteiger partial charge in [-0.2, -0.15) is 0 Å². The Bertz CT molecular complexity index is 865. The number of rotatable bonds is 6. The molecule has 2 saturated heterocycles. The normalized spacial score (nSPS) is 21.2. The van der Waals surface area contributed by atoms with E-state index in [4.69, 9.17) is 0 Å². The molecule has 172 valence electrons. The molecule has 3 heterocycles. The lowest BCUT2D eigenvalue weighted by Gasteiger charge is -2.37. The third kappa shape index (κ3) is 5.90. The predicted octanol–water partition coefficient (Wildman–Crippen LogP) is 4.58. The molecule has 2 N–H and O–H groups in total. The first-order valence-corrected chi connectivity index (χ1v) is 12.6. The Morgan fingerprint density at radius 1 is 1.06 bits per heavy atom. The number of thiophene rings is 1. The van der Waals surface area contributed by atoms with Crippen molar-refractivity contribution in [3.8, 4) is 0 Å². The molecule has 0 bridgehead atoms. The van der Waals surface area contributed by atoms with E-state index in [1.165, 1.54) is 17.7 Å². The molecule has 3 amide bonds. The summed E-state index contributed by atoms with van der Waals surface area (Å²) in [4.78, 5) is 31.3. The van der Waals surface area contributed by atoms with Crippen LogP contribution >= 0.6 is 11.3 Å². The van der Waals surface area contributed by atoms with Gasteiger partial charge in [0.2, 0.25) is 5.91 Å². The van der Waals surface area contributed by atoms with E-state index < -0.39 is 0 Å². The molecule has 32 heavy (non-hydrogen) atoms. The minimum atomic E-state index is -0.157. The number of anilines is 1. The molecular formula is C25H34N4O2S. The molecule has 2 aromatic rings. The van der Waals surface area contributed by atoms with Crippen molar-refractivity contribution in [3.63, 3.8) is 0 Å². The first kappa shape index (κ1) is 22.8. The Labute approximate surface area is 195 Å². The number of piperidine rings is 2. The molecule has 0 radical (unpaired) electrons. The summed E-state index contributed by atoms with van der Waals surface area (Å²) in [5.74, 6) is 0.685. The van der Waals surface area contributed by atoms with Gasteiger partial charge < -0.3 is 15.5 Å². The molecular weight excluding hydrogens is 420 g/mol. The molecule has 0 aliphatic carbocycles. The lowest BCUT2D eigenvalue weighted by Crippen LogP contribution is -2.48. The predicted molar refractivity (Wildman–Crippen MR) is 130 cm³/mol. The van der Waals surface area contributed by atoms with Crippen LogP contribution in [0, 0.1) is 11.8 Å². The second kappa shape index (κ2) is 11.0. The number of likely N-dealkylation sites (tertiary alicyclic amines) is 2. The van der Waals surface area contributed by atoms with Crippen LogP contribution in [0.4, 0.5) is 10.5 Å². The molecule has 1 aromatic heterocycles. The summed E-state index contributed by atoms with van der Waals surface area (Å²) in [5.41, 5.74) is 0.777. The lowest BCUT2D eigenvalue weighted by molar-refractivity contribution is -0.126. The Hall–Kier alpha value is -2.38. The number of para-hydroxylation sites is 1. The number of urea groups is 1. The summed E-state index contributed by atoms with van der Waals surface area (Å²) in [6.45, 7) is 6.26. The summed E-state index contributed by atoms with van der Waals surface area (Å²) >= 11 is 1.76. The summed E-state index contributed by atoms with van der Waals surface area (Å²) in [5, 5.41) is 8.27. The van der Waals surface area contributed by atoms with Gasteiger partial charge in [-0.1, -0.05) is 31.2 Å². The summed E-state index contributed by atoms with van der Waals surface area (Å²) < 4.78 is 0. The van der Waals surface area contributed by atoms with E-state index in [2.05, 4.69) is 40.0 Å². The summed E-state index contributed by atoms with van der Waals surface area (Å²) in [6, 6.07) is 13.8. The molecule has 2 aliphatic heterocycles. The van der Waals surface area contributed by atoms with Crippen molar-refractivity contribution in [1.82, 2.24) is 15.1 Å². The zero-order chi connectivity index (χ0) is 22.3. The second-order valence-corrected chi connectivity index (χ2v) is 10.1. The van der Waals surface area contributed by atoms with Gasteiger partial charge in [-0.25, -0.2) is 4.79 Å². The van der Waals surface area contributed by atoms with Crippen LogP contribution < -0.4 is 10.6 Å². The van der Waals surface area contributed by atoms with Crippen LogP contribution in [0.3, 0.4) is 0 Å². The monoisotopic (exact) mass is 454 g/mol. The zero-order valence-electron chi connectivity index (χ0n) is 18.8. The van der Waals surface area contributed by atoms with E-state index >= 15 is 0 Å². The number of hydrogen-bond acceptors (Lipinski definition) is 4. The molecule has 2 atom stereocenters. The maximum absolute atomic E-state index is 13.0. The molecule has 2 unspecified atom stereocenters. The highest BCUT2D eigenvalue weighted by molar-refractivity contribution is 7.10. The van der Waals surface area contributed by atoms with Crippen molar-refractivity contribution < 1.29 is 9.59 Å². The van der Waals surface area contributed by atoms with Gasteiger partial charge in [-0.15, -0.1) is 11.3 Å². The standard InChI is InChI=1S/C25H34N4O2S/c1-19-11-14-28(15-12-19)22(23-10-6-16-32-23)17-26-24(30)20-7-5-13-29(18-20)25(31)27-21-8-3-2-4-9-21/h2-4,6,8-10,16,19-20,22H,5,7,11-15,17-18H2,1H3,(H,26,30)(H,27,31). The van der Waals surface area contributed by atoms with E-state index in [9.17, 15) is 9.59 Å². The van der Waals surface area contributed by atoms with Crippen LogP contribution in [0.1, 0.15) is 43.5 Å². The number of benzene rings is 1. The first-order chi connectivity index (χ1) is 15.6. The molecule has 0 saturated carbocycles. The number of amides is 3. The molecule has 0 spiro atoms. The van der Waals surface area contributed by atoms with E-state index in [1.807, 2.05) is 30.3 Å². The van der Waals surface area contributed by atoms with Crippen LogP contribution in [-0.2, 0) is 4.79 Å². The summed E-state index contributed by atoms with van der Waals surface area (Å²) in [7, 11) is 0. The fraction of sp³-hybridized carbons (Fsp3) is 0.520. The number of nitrogens with zero attached hydrogens (tertiary/aromatic N) is 2. The molecule has 7 heteroatoms. The average Bonchev–Trinajstić information content (AvgIpc) is 3.35. The molecule has 2 aliphatic rings. The smallest absolute Gasteiger partial charge is 0.321 e. The maximum atomic E-state index is 13.0. The van der Waals surface area contributed by atoms with Gasteiger partial charge in [-0.05, 0) is 68.3 Å². The van der Waals surface area contributed by atoms with Crippen molar-refractivity contribution in [3.05, 3.63) is 52.7 Å². The lowest BCUT2D eigenvalue weighted by atomic mass is 9.96. The highest BCUT2D eigenvalue weighted by Gasteiger charge is 2.30. The van der Waals surface area contributed by atoms with Crippen LogP contribution in [0.5, 0.6) is 0 Å². The molecule has 6 nitrogen and oxygen atoms in total. The van der Waals surface area contributed by atoms with E-state index in [0.29, 0.717) is 19.6 Å². The minimum Gasteiger partial charge on any atom is -0.354 e. The van der Waals surface area contributed by atoms with E-state index in [0.717, 1.165) is 37.5 Å². The van der Waals surface area contributed by atoms with Crippen LogP contribution in [0.15, 0.2) is 47.8 Å². The van der Waals surface area contributed by atoms with Gasteiger partial charge in [0.05, 0.1) is 12.0 Å². The fourth-order valence-corrected chi connectivity index (χ4v) is 5.53. The fourth-order valence-electron chi connectivity index (χ4n) is 4.67. The average molecular weight is 455 g/mol. The Morgan fingerprint density at radius 2 is 1.84 bits per heavy atom. The molecule has 2 fully saturated rings. The first-order valence-electron chi connectivity index (χ1n) is 11.8. The number of carbonyl (C=O) groups excluding carboxylic acids is 2. The third-order valence-corrected chi connectivity index (χ3v) is 7.68. The van der Waals surface area contributed by atoms with Crippen molar-refractivity contribution in [1.29, 1.82) is 0 Å². The number of carbonyl (C=O) groups is 2. The van der Waals surface area contributed by atoms with E-state index in [-0.39, 0.29) is 23.9 Å². The van der Waals surface area contributed by atoms with Gasteiger partial charge in [0, 0.05) is 30.2 Å². The van der Waals surface area contributed by atoms with Crippen molar-refractivity contribution in [2.24, 2.45) is 11.8 Å². The number of nitrogens with one attached hydrogen (secondary N) is 2. The van der Waals surface area contributed by atoms with Gasteiger partial charge >= 0.3 is 6.03 Å². The SMILES string of the molecule is CC1CCN(C(CNC(=O)C2CCCN(C(=O)Nc3ccccc3)C2)c2cccs2)CC1. The molecule has 4 rings (SSSR count). The van der Waals surface area contributed by atoms with Crippen LogP contribution in [0.25, 0.3) is 0 Å². The third-order valence-electron chi connectivity index (χ3n) is 6.70. The Morgan fingerprint density at radius 3 is 2.56 bits per heavy atom. The van der Waals surface area contributed by atoms with Gasteiger partial charge in [0.1, 0.15) is 0 Å². The largest absolute Gasteiger partial charge is 0.354 e. The van der Waals surface area contributed by atoms with Crippen molar-refractivity contribution in [2.75, 3.05) is 38.0 Å². The Balaban J connectivity index is 1.32. The van der Waals surface area contributed by atoms with Crippen molar-refractivity contribution in [2.45, 2.75) is 38.6 Å². The van der Waals surface area contributed by atoms with Crippen LogP contribution in [0.2, 0.25) is 0 Å². The van der Waals surface area contributed by atoms with Gasteiger partial charge in [-0.3, -0.25) is 9.69 Å². The zero-order valence-corrected chi connectivity index (χ0v) is 19.7. The van der Waals surface area contributed by atoms with E-state index in [1.54, 1.807) is 16.2 Å². The molecule has 1 aromatic carbocycles. The van der Waals surface area contributed by atoms with Gasteiger partial charge in [0.25, 0.3) is 0 Å². The Kier molecular flexibility index (Phi) is 7.81. The topological polar surface area (TPSA) is 64.7 Å². The quantitative estimate of drug-likeness (QED) is 0.671. The summed E-state index contributed by atoms with van der Waals surface area (Å²) in [6.07, 6.45) is 4.10. The minimum absolute atomic E-state index is 0.0640. The number of hydrogen-bond donors (Lipinski definition) is 2. The van der Waals surface area contributed by atoms with Gasteiger partial charge in [0.15, 0.2) is 0 Å². The second-order valence-electron chi connectivity index (χ2n) is 9.08.